The van der Waals surface area contributed by atoms with Crippen molar-refractivity contribution in [2.24, 2.45) is 0 Å². The lowest BCUT2D eigenvalue weighted by Crippen LogP contribution is -2.52. The van der Waals surface area contributed by atoms with Crippen LogP contribution in [0.1, 0.15) is 63.4 Å². The van der Waals surface area contributed by atoms with Gasteiger partial charge in [-0.1, -0.05) is 43.0 Å². The molecule has 2 atom stereocenters. The second-order valence-electron chi connectivity index (χ2n) is 8.49. The molecule has 1 aromatic rings. The molecule has 3 amide bonds. The van der Waals surface area contributed by atoms with E-state index in [1.54, 1.807) is 17.0 Å². The maximum Gasteiger partial charge on any atom is 0.251 e. The van der Waals surface area contributed by atoms with Crippen molar-refractivity contribution in [3.63, 3.8) is 0 Å². The summed E-state index contributed by atoms with van der Waals surface area (Å²) in [5.74, 6) is -0.805. The van der Waals surface area contributed by atoms with Crippen LogP contribution in [0.25, 0.3) is 0 Å². The van der Waals surface area contributed by atoms with Crippen molar-refractivity contribution in [2.45, 2.75) is 82.5 Å². The van der Waals surface area contributed by atoms with Crippen LogP contribution in [0.4, 0.5) is 0 Å². The number of carbonyl (C=O) groups excluding carboxylic acids is 3. The SMILES string of the molecule is O=C(CCC(=O)N1CCC[C@H]1C(O)C(=O)NC1CCCCC1)NCc1ccc(Cl)cc1. The number of nitrogens with zero attached hydrogens (tertiary/aromatic N) is 1. The summed E-state index contributed by atoms with van der Waals surface area (Å²) in [4.78, 5) is 38.9. The van der Waals surface area contributed by atoms with Crippen LogP contribution >= 0.6 is 11.6 Å². The number of hydrogen-bond donors (Lipinski definition) is 3. The highest BCUT2D eigenvalue weighted by Crippen LogP contribution is 2.23. The maximum absolute atomic E-state index is 12.7. The normalized spacial score (nSPS) is 20.3. The molecule has 2 fully saturated rings. The van der Waals surface area contributed by atoms with Gasteiger partial charge in [0.2, 0.25) is 11.8 Å². The fraction of sp³-hybridized carbons (Fsp3) is 0.609. The number of likely N-dealkylation sites (tertiary alicyclic amines) is 1. The van der Waals surface area contributed by atoms with Crippen molar-refractivity contribution in [3.8, 4) is 0 Å². The lowest BCUT2D eigenvalue weighted by atomic mass is 9.95. The van der Waals surface area contributed by atoms with Gasteiger partial charge in [-0.3, -0.25) is 14.4 Å². The zero-order valence-corrected chi connectivity index (χ0v) is 18.6. The highest BCUT2D eigenvalue weighted by atomic mass is 35.5. The van der Waals surface area contributed by atoms with Crippen LogP contribution in [0.2, 0.25) is 5.02 Å². The largest absolute Gasteiger partial charge is 0.381 e. The van der Waals surface area contributed by atoms with Crippen molar-refractivity contribution in [1.29, 1.82) is 0 Å². The first kappa shape index (κ1) is 23.5. The van der Waals surface area contributed by atoms with E-state index in [0.717, 1.165) is 37.7 Å². The molecule has 0 radical (unpaired) electrons. The molecule has 3 rings (SSSR count). The smallest absolute Gasteiger partial charge is 0.251 e. The Morgan fingerprint density at radius 3 is 2.45 bits per heavy atom. The van der Waals surface area contributed by atoms with Gasteiger partial charge in [-0.2, -0.15) is 0 Å². The first-order chi connectivity index (χ1) is 14.9. The van der Waals surface area contributed by atoms with Crippen LogP contribution in [0.5, 0.6) is 0 Å². The summed E-state index contributed by atoms with van der Waals surface area (Å²) in [6, 6.07) is 6.79. The van der Waals surface area contributed by atoms with Crippen LogP contribution in [0.3, 0.4) is 0 Å². The quantitative estimate of drug-likeness (QED) is 0.568. The fourth-order valence-corrected chi connectivity index (χ4v) is 4.52. The van der Waals surface area contributed by atoms with Crippen LogP contribution in [0.15, 0.2) is 24.3 Å². The van der Waals surface area contributed by atoms with Gasteiger partial charge in [0.15, 0.2) is 6.10 Å². The molecule has 1 heterocycles. The van der Waals surface area contributed by atoms with Crippen molar-refractivity contribution >= 4 is 29.3 Å². The van der Waals surface area contributed by atoms with E-state index in [-0.39, 0.29) is 30.7 Å². The second-order valence-corrected chi connectivity index (χ2v) is 8.92. The second kappa shape index (κ2) is 11.5. The number of hydrogen-bond acceptors (Lipinski definition) is 4. The molecular weight excluding hydrogens is 418 g/mol. The van der Waals surface area contributed by atoms with E-state index >= 15 is 0 Å². The molecule has 1 saturated heterocycles. The van der Waals surface area contributed by atoms with Crippen molar-refractivity contribution in [3.05, 3.63) is 34.9 Å². The molecule has 2 aliphatic rings. The average Bonchev–Trinajstić information content (AvgIpc) is 3.27. The molecule has 1 unspecified atom stereocenters. The summed E-state index contributed by atoms with van der Waals surface area (Å²) >= 11 is 5.85. The van der Waals surface area contributed by atoms with E-state index in [4.69, 9.17) is 11.6 Å². The number of carbonyl (C=O) groups is 3. The summed E-state index contributed by atoms with van der Waals surface area (Å²) < 4.78 is 0. The molecule has 0 bridgehead atoms. The third-order valence-electron chi connectivity index (χ3n) is 6.17. The molecule has 0 spiro atoms. The summed E-state index contributed by atoms with van der Waals surface area (Å²) in [5, 5.41) is 17.0. The zero-order chi connectivity index (χ0) is 22.2. The molecule has 0 aromatic heterocycles. The Hall–Kier alpha value is -2.12. The minimum atomic E-state index is -1.23. The van der Waals surface area contributed by atoms with Gasteiger partial charge in [-0.25, -0.2) is 0 Å². The monoisotopic (exact) mass is 449 g/mol. The van der Waals surface area contributed by atoms with E-state index in [0.29, 0.717) is 24.5 Å². The third-order valence-corrected chi connectivity index (χ3v) is 6.43. The number of nitrogens with one attached hydrogen (secondary N) is 2. The molecule has 1 saturated carbocycles. The number of aliphatic hydroxyl groups is 1. The Morgan fingerprint density at radius 1 is 1.03 bits per heavy atom. The molecule has 1 aromatic carbocycles. The lowest BCUT2D eigenvalue weighted by Gasteiger charge is -2.30. The predicted molar refractivity (Wildman–Crippen MR) is 118 cm³/mol. The van der Waals surface area contributed by atoms with Crippen molar-refractivity contribution in [2.75, 3.05) is 6.54 Å². The molecule has 170 valence electrons. The van der Waals surface area contributed by atoms with Crippen LogP contribution in [-0.4, -0.2) is 52.5 Å². The van der Waals surface area contributed by atoms with E-state index in [1.165, 1.54) is 6.42 Å². The maximum atomic E-state index is 12.7. The highest BCUT2D eigenvalue weighted by molar-refractivity contribution is 6.30. The number of benzene rings is 1. The minimum absolute atomic E-state index is 0.0555. The Bertz CT molecular complexity index is 765. The summed E-state index contributed by atoms with van der Waals surface area (Å²) in [5.41, 5.74) is 0.927. The third kappa shape index (κ3) is 6.94. The van der Waals surface area contributed by atoms with Gasteiger partial charge >= 0.3 is 0 Å². The van der Waals surface area contributed by atoms with Gasteiger partial charge in [0.25, 0.3) is 5.91 Å². The van der Waals surface area contributed by atoms with Crippen LogP contribution in [-0.2, 0) is 20.9 Å². The van der Waals surface area contributed by atoms with Gasteiger partial charge in [0.05, 0.1) is 6.04 Å². The molecule has 8 heteroatoms. The summed E-state index contributed by atoms with van der Waals surface area (Å²) in [6.07, 6.45) is 5.48. The van der Waals surface area contributed by atoms with Gasteiger partial charge in [-0.05, 0) is 43.4 Å². The highest BCUT2D eigenvalue weighted by Gasteiger charge is 2.37. The summed E-state index contributed by atoms with van der Waals surface area (Å²) in [7, 11) is 0. The topological polar surface area (TPSA) is 98.7 Å². The molecular formula is C23H32ClN3O4. The van der Waals surface area contributed by atoms with Crippen LogP contribution < -0.4 is 10.6 Å². The molecule has 3 N–H and O–H groups in total. The first-order valence-corrected chi connectivity index (χ1v) is 11.6. The predicted octanol–water partition coefficient (Wildman–Crippen LogP) is 2.54. The van der Waals surface area contributed by atoms with E-state index < -0.39 is 18.1 Å². The zero-order valence-electron chi connectivity index (χ0n) is 17.8. The first-order valence-electron chi connectivity index (χ1n) is 11.2. The van der Waals surface area contributed by atoms with Gasteiger partial charge in [0, 0.05) is 37.0 Å². The van der Waals surface area contributed by atoms with Crippen molar-refractivity contribution in [1.82, 2.24) is 15.5 Å². The number of amides is 3. The van der Waals surface area contributed by atoms with E-state index in [2.05, 4.69) is 10.6 Å². The Labute approximate surface area is 188 Å². The molecule has 31 heavy (non-hydrogen) atoms. The average molecular weight is 450 g/mol. The molecule has 7 nitrogen and oxygen atoms in total. The molecule has 1 aliphatic heterocycles. The van der Waals surface area contributed by atoms with Gasteiger partial charge in [-0.15, -0.1) is 0 Å². The molecule has 1 aliphatic carbocycles. The van der Waals surface area contributed by atoms with Crippen LogP contribution in [0, 0.1) is 0 Å². The Kier molecular flexibility index (Phi) is 8.72. The standard InChI is InChI=1S/C23H32ClN3O4/c24-17-10-8-16(9-11-17)15-25-20(28)12-13-21(29)27-14-4-7-19(27)22(30)23(31)26-18-5-2-1-3-6-18/h8-11,18-19,22,30H,1-7,12-15H2,(H,25,28)(H,26,31)/t19-,22?/m0/s1. The Balaban J connectivity index is 1.43. The summed E-state index contributed by atoms with van der Waals surface area (Å²) in [6.45, 7) is 0.875. The Morgan fingerprint density at radius 2 is 1.74 bits per heavy atom. The number of aliphatic hydroxyl groups excluding tert-OH is 1. The van der Waals surface area contributed by atoms with Crippen molar-refractivity contribution < 1.29 is 19.5 Å². The minimum Gasteiger partial charge on any atom is -0.381 e. The van der Waals surface area contributed by atoms with Gasteiger partial charge < -0.3 is 20.6 Å². The van der Waals surface area contributed by atoms with E-state index in [1.807, 2.05) is 12.1 Å². The number of rotatable bonds is 8. The number of halogens is 1. The lowest BCUT2D eigenvalue weighted by molar-refractivity contribution is -0.141. The van der Waals surface area contributed by atoms with E-state index in [9.17, 15) is 19.5 Å². The fourth-order valence-electron chi connectivity index (χ4n) is 4.39. The van der Waals surface area contributed by atoms with Gasteiger partial charge in [0.1, 0.15) is 0 Å².